The molecule has 14 heavy (non-hydrogen) atoms. The van der Waals surface area contributed by atoms with E-state index in [-0.39, 0.29) is 5.54 Å². The summed E-state index contributed by atoms with van der Waals surface area (Å²) in [4.78, 5) is 2.42. The van der Waals surface area contributed by atoms with Crippen molar-refractivity contribution >= 4 is 10.8 Å². The number of nitrogens with zero attached hydrogens (tertiary/aromatic N) is 1. The third-order valence-electron chi connectivity index (χ3n) is 2.57. The summed E-state index contributed by atoms with van der Waals surface area (Å²) in [6, 6.07) is 0. The molecule has 0 radical (unpaired) electrons. The van der Waals surface area contributed by atoms with Gasteiger partial charge in [0.2, 0.25) is 0 Å². The van der Waals surface area contributed by atoms with Crippen LogP contribution in [0.5, 0.6) is 0 Å². The van der Waals surface area contributed by atoms with Crippen LogP contribution in [-0.4, -0.2) is 52.8 Å². The van der Waals surface area contributed by atoms with Gasteiger partial charge in [0.25, 0.3) is 0 Å². The Morgan fingerprint density at radius 1 is 1.50 bits per heavy atom. The highest BCUT2D eigenvalue weighted by Crippen LogP contribution is 2.09. The predicted molar refractivity (Wildman–Crippen MR) is 62.1 cm³/mol. The van der Waals surface area contributed by atoms with Gasteiger partial charge >= 0.3 is 0 Å². The predicted octanol–water partition coefficient (Wildman–Crippen LogP) is 0.439. The molecule has 1 saturated heterocycles. The minimum Gasteiger partial charge on any atom is -0.310 e. The van der Waals surface area contributed by atoms with Crippen LogP contribution in [0.3, 0.4) is 0 Å². The normalized spacial score (nSPS) is 25.6. The van der Waals surface area contributed by atoms with Crippen LogP contribution in [0.25, 0.3) is 0 Å². The molecule has 1 rings (SSSR count). The van der Waals surface area contributed by atoms with E-state index in [4.69, 9.17) is 0 Å². The van der Waals surface area contributed by atoms with E-state index in [1.165, 1.54) is 6.42 Å². The lowest BCUT2D eigenvalue weighted by atomic mass is 10.1. The number of hydrogen-bond donors (Lipinski definition) is 1. The van der Waals surface area contributed by atoms with E-state index in [9.17, 15) is 4.21 Å². The van der Waals surface area contributed by atoms with Crippen LogP contribution in [0, 0.1) is 0 Å². The smallest absolute Gasteiger partial charge is 0.0359 e. The number of nitrogens with one attached hydrogen (secondary N) is 1. The van der Waals surface area contributed by atoms with Gasteiger partial charge in [-0.3, -0.25) is 4.21 Å². The van der Waals surface area contributed by atoms with E-state index in [0.29, 0.717) is 0 Å². The molecule has 0 aromatic carbocycles. The minimum atomic E-state index is -0.660. The zero-order chi connectivity index (χ0) is 10.6. The molecule has 1 aliphatic rings. The molecule has 1 unspecified atom stereocenters. The average molecular weight is 218 g/mol. The highest BCUT2D eigenvalue weighted by molar-refractivity contribution is 7.84. The van der Waals surface area contributed by atoms with Crippen molar-refractivity contribution in [2.24, 2.45) is 0 Å². The van der Waals surface area contributed by atoms with Crippen molar-refractivity contribution in [1.82, 2.24) is 10.2 Å². The van der Waals surface area contributed by atoms with Gasteiger partial charge in [0.05, 0.1) is 0 Å². The van der Waals surface area contributed by atoms with Crippen molar-refractivity contribution in [1.29, 1.82) is 0 Å². The summed E-state index contributed by atoms with van der Waals surface area (Å²) in [5.41, 5.74) is 0.200. The van der Waals surface area contributed by atoms with Crippen molar-refractivity contribution in [3.8, 4) is 0 Å². The van der Waals surface area contributed by atoms with Crippen LogP contribution in [0.15, 0.2) is 0 Å². The largest absolute Gasteiger partial charge is 0.310 e. The van der Waals surface area contributed by atoms with Gasteiger partial charge in [-0.25, -0.2) is 0 Å². The summed E-state index contributed by atoms with van der Waals surface area (Å²) in [7, 11) is -0.660. The summed E-state index contributed by atoms with van der Waals surface area (Å²) in [5, 5.41) is 3.52. The Balaban J connectivity index is 2.39. The lowest BCUT2D eigenvalue weighted by molar-refractivity contribution is 0.242. The molecule has 3 nitrogen and oxygen atoms in total. The first-order chi connectivity index (χ1) is 6.49. The van der Waals surface area contributed by atoms with Gasteiger partial charge in [0.15, 0.2) is 0 Å². The third kappa shape index (κ3) is 4.53. The molecular formula is C10H22N2OS. The lowest BCUT2D eigenvalue weighted by Gasteiger charge is -2.29. The van der Waals surface area contributed by atoms with E-state index < -0.39 is 10.8 Å². The van der Waals surface area contributed by atoms with E-state index in [0.717, 1.165) is 31.9 Å². The molecule has 0 aliphatic carbocycles. The molecular weight excluding hydrogens is 196 g/mol. The standard InChI is InChI=1S/C10H22N2OS/c1-10(2)9-12(6-4-5-11-10)7-8-14(3)13/h11H,4-9H2,1-3H3. The second-order valence-corrected chi connectivity index (χ2v) is 6.27. The van der Waals surface area contributed by atoms with E-state index in [1.807, 2.05) is 0 Å². The number of rotatable bonds is 3. The highest BCUT2D eigenvalue weighted by atomic mass is 32.2. The first-order valence-electron chi connectivity index (χ1n) is 5.27. The fraction of sp³-hybridized carbons (Fsp3) is 1.00. The Labute approximate surface area is 89.7 Å². The van der Waals surface area contributed by atoms with Gasteiger partial charge in [0, 0.05) is 41.4 Å². The maximum atomic E-state index is 11.0. The van der Waals surface area contributed by atoms with Crippen LogP contribution in [0.4, 0.5) is 0 Å². The van der Waals surface area contributed by atoms with Crippen LogP contribution in [0.2, 0.25) is 0 Å². The van der Waals surface area contributed by atoms with E-state index >= 15 is 0 Å². The first kappa shape index (κ1) is 12.1. The van der Waals surface area contributed by atoms with Gasteiger partial charge in [-0.05, 0) is 33.4 Å². The van der Waals surface area contributed by atoms with Crippen LogP contribution >= 0.6 is 0 Å². The molecule has 84 valence electrons. The van der Waals surface area contributed by atoms with Crippen LogP contribution < -0.4 is 5.32 Å². The molecule has 4 heteroatoms. The molecule has 1 N–H and O–H groups in total. The highest BCUT2D eigenvalue weighted by Gasteiger charge is 2.23. The summed E-state index contributed by atoms with van der Waals surface area (Å²) >= 11 is 0. The topological polar surface area (TPSA) is 32.3 Å². The maximum Gasteiger partial charge on any atom is 0.0359 e. The van der Waals surface area contributed by atoms with Gasteiger partial charge < -0.3 is 10.2 Å². The third-order valence-corrected chi connectivity index (χ3v) is 3.33. The zero-order valence-electron chi connectivity index (χ0n) is 9.51. The lowest BCUT2D eigenvalue weighted by Crippen LogP contribution is -2.47. The quantitative estimate of drug-likeness (QED) is 0.746. The van der Waals surface area contributed by atoms with Gasteiger partial charge in [-0.1, -0.05) is 0 Å². The Morgan fingerprint density at radius 2 is 2.21 bits per heavy atom. The van der Waals surface area contributed by atoms with Gasteiger partial charge in [0.1, 0.15) is 0 Å². The van der Waals surface area contributed by atoms with Gasteiger partial charge in [-0.15, -0.1) is 0 Å². The zero-order valence-corrected chi connectivity index (χ0v) is 10.3. The van der Waals surface area contributed by atoms with Crippen LogP contribution in [-0.2, 0) is 10.8 Å². The molecule has 1 heterocycles. The summed E-state index contributed by atoms with van der Waals surface area (Å²) in [5.74, 6) is 0.802. The minimum absolute atomic E-state index is 0.200. The molecule has 1 aliphatic heterocycles. The average Bonchev–Trinajstić information content (AvgIpc) is 2.22. The molecule has 0 bridgehead atoms. The maximum absolute atomic E-state index is 11.0. The molecule has 0 spiro atoms. The summed E-state index contributed by atoms with van der Waals surface area (Å²) in [6.45, 7) is 8.72. The molecule has 1 fully saturated rings. The number of hydrogen-bond acceptors (Lipinski definition) is 3. The molecule has 0 aromatic rings. The van der Waals surface area contributed by atoms with Crippen molar-refractivity contribution in [3.63, 3.8) is 0 Å². The van der Waals surface area contributed by atoms with Crippen molar-refractivity contribution in [3.05, 3.63) is 0 Å². The SMILES string of the molecule is CS(=O)CCN1CCCNC(C)(C)C1. The Bertz CT molecular complexity index is 206. The van der Waals surface area contributed by atoms with E-state index in [2.05, 4.69) is 24.1 Å². The van der Waals surface area contributed by atoms with E-state index in [1.54, 1.807) is 6.26 Å². The fourth-order valence-corrected chi connectivity index (χ4v) is 2.39. The van der Waals surface area contributed by atoms with Crippen LogP contribution in [0.1, 0.15) is 20.3 Å². The summed E-state index contributed by atoms with van der Waals surface area (Å²) in [6.07, 6.45) is 2.97. The second kappa shape index (κ2) is 5.24. The molecule has 1 atom stereocenters. The second-order valence-electron chi connectivity index (χ2n) is 4.72. The molecule has 0 amide bonds. The van der Waals surface area contributed by atoms with Crippen molar-refractivity contribution < 1.29 is 4.21 Å². The van der Waals surface area contributed by atoms with Crippen molar-refractivity contribution in [2.75, 3.05) is 38.2 Å². The Kier molecular flexibility index (Phi) is 4.54. The first-order valence-corrected chi connectivity index (χ1v) is 7.00. The fourth-order valence-electron chi connectivity index (χ4n) is 1.87. The molecule has 0 saturated carbocycles. The Hall–Kier alpha value is 0.0700. The molecule has 0 aromatic heterocycles. The summed E-state index contributed by atoms with van der Waals surface area (Å²) < 4.78 is 11.0. The van der Waals surface area contributed by atoms with Crippen molar-refractivity contribution in [2.45, 2.75) is 25.8 Å². The van der Waals surface area contributed by atoms with Gasteiger partial charge in [-0.2, -0.15) is 0 Å². The Morgan fingerprint density at radius 3 is 2.86 bits per heavy atom. The monoisotopic (exact) mass is 218 g/mol.